The molecule has 1 saturated heterocycles. The van der Waals surface area contributed by atoms with Crippen molar-refractivity contribution in [1.82, 2.24) is 5.32 Å². The second-order valence-electron chi connectivity index (χ2n) is 5.20. The van der Waals surface area contributed by atoms with Crippen molar-refractivity contribution in [1.29, 1.82) is 0 Å². The Labute approximate surface area is 129 Å². The number of benzene rings is 1. The van der Waals surface area contributed by atoms with Gasteiger partial charge in [-0.3, -0.25) is 0 Å². The summed E-state index contributed by atoms with van der Waals surface area (Å²) in [4.78, 5) is 2.25. The van der Waals surface area contributed by atoms with E-state index in [9.17, 15) is 5.11 Å². The van der Waals surface area contributed by atoms with Crippen molar-refractivity contribution in [3.8, 4) is 0 Å². The van der Waals surface area contributed by atoms with Crippen LogP contribution in [0, 0.1) is 0 Å². The van der Waals surface area contributed by atoms with Gasteiger partial charge < -0.3 is 20.1 Å². The monoisotopic (exact) mass is 342 g/mol. The molecular formula is C15H23BrN2O2. The Morgan fingerprint density at radius 3 is 3.05 bits per heavy atom. The number of rotatable bonds is 6. The maximum Gasteiger partial charge on any atom is 0.0715 e. The standard InChI is InChI=1S/C15H23BrN2O2/c1-20-8-6-17-10-12-4-5-15(14(16)9-12)18-7-2-3-13(19)11-18/h4-5,9,13,17,19H,2-3,6-8,10-11H2,1H3. The van der Waals surface area contributed by atoms with E-state index in [1.807, 2.05) is 0 Å². The number of piperidine rings is 1. The summed E-state index contributed by atoms with van der Waals surface area (Å²) in [6.45, 7) is 4.16. The number of halogens is 1. The smallest absolute Gasteiger partial charge is 0.0715 e. The van der Waals surface area contributed by atoms with Gasteiger partial charge in [0.15, 0.2) is 0 Å². The quantitative estimate of drug-likeness (QED) is 0.777. The zero-order valence-corrected chi connectivity index (χ0v) is 13.5. The number of hydrogen-bond acceptors (Lipinski definition) is 4. The molecule has 1 heterocycles. The van der Waals surface area contributed by atoms with Crippen LogP contribution in [0.2, 0.25) is 0 Å². The number of nitrogens with zero attached hydrogens (tertiary/aromatic N) is 1. The molecule has 0 amide bonds. The van der Waals surface area contributed by atoms with Crippen LogP contribution < -0.4 is 10.2 Å². The fourth-order valence-corrected chi connectivity index (χ4v) is 3.17. The van der Waals surface area contributed by atoms with E-state index in [0.717, 1.165) is 50.1 Å². The molecule has 1 fully saturated rings. The van der Waals surface area contributed by atoms with Gasteiger partial charge in [-0.2, -0.15) is 0 Å². The Hall–Kier alpha value is -0.620. The minimum atomic E-state index is -0.203. The van der Waals surface area contributed by atoms with Crippen molar-refractivity contribution in [2.45, 2.75) is 25.5 Å². The first-order valence-electron chi connectivity index (χ1n) is 7.12. The van der Waals surface area contributed by atoms with Gasteiger partial charge in [0, 0.05) is 37.8 Å². The topological polar surface area (TPSA) is 44.7 Å². The lowest BCUT2D eigenvalue weighted by molar-refractivity contribution is 0.154. The Morgan fingerprint density at radius 1 is 1.50 bits per heavy atom. The molecular weight excluding hydrogens is 320 g/mol. The summed E-state index contributed by atoms with van der Waals surface area (Å²) in [5, 5.41) is 13.1. The minimum Gasteiger partial charge on any atom is -0.391 e. The lowest BCUT2D eigenvalue weighted by atomic mass is 10.1. The molecule has 2 N–H and O–H groups in total. The van der Waals surface area contributed by atoms with Crippen molar-refractivity contribution in [2.24, 2.45) is 0 Å². The molecule has 0 radical (unpaired) electrons. The highest BCUT2D eigenvalue weighted by Crippen LogP contribution is 2.29. The number of aliphatic hydroxyl groups excluding tert-OH is 1. The van der Waals surface area contributed by atoms with Gasteiger partial charge in [-0.05, 0) is 46.5 Å². The third kappa shape index (κ3) is 4.45. The lowest BCUT2D eigenvalue weighted by Gasteiger charge is -2.32. The molecule has 0 spiro atoms. The van der Waals surface area contributed by atoms with E-state index in [-0.39, 0.29) is 6.10 Å². The van der Waals surface area contributed by atoms with Gasteiger partial charge in [0.1, 0.15) is 0 Å². The van der Waals surface area contributed by atoms with Gasteiger partial charge in [-0.15, -0.1) is 0 Å². The fourth-order valence-electron chi connectivity index (χ4n) is 2.50. The zero-order chi connectivity index (χ0) is 14.4. The first-order chi connectivity index (χ1) is 9.70. The lowest BCUT2D eigenvalue weighted by Crippen LogP contribution is -2.38. The number of anilines is 1. The van der Waals surface area contributed by atoms with Crippen LogP contribution in [-0.2, 0) is 11.3 Å². The largest absolute Gasteiger partial charge is 0.391 e. The number of β-amino-alcohol motifs (C(OH)–C–C–N with tert-alkyl or cyclic N) is 1. The van der Waals surface area contributed by atoms with Gasteiger partial charge in [0.05, 0.1) is 18.4 Å². The molecule has 0 bridgehead atoms. The molecule has 5 heteroatoms. The summed E-state index contributed by atoms with van der Waals surface area (Å²) < 4.78 is 6.10. The summed E-state index contributed by atoms with van der Waals surface area (Å²) in [5.41, 5.74) is 2.42. The number of nitrogens with one attached hydrogen (secondary N) is 1. The molecule has 1 unspecified atom stereocenters. The van der Waals surface area contributed by atoms with Gasteiger partial charge in [0.2, 0.25) is 0 Å². The van der Waals surface area contributed by atoms with Crippen LogP contribution in [0.15, 0.2) is 22.7 Å². The van der Waals surface area contributed by atoms with Crippen LogP contribution in [0.4, 0.5) is 5.69 Å². The predicted molar refractivity (Wildman–Crippen MR) is 85.2 cm³/mol. The average molecular weight is 343 g/mol. The molecule has 20 heavy (non-hydrogen) atoms. The van der Waals surface area contributed by atoms with Crippen LogP contribution in [0.25, 0.3) is 0 Å². The van der Waals surface area contributed by atoms with Crippen molar-refractivity contribution >= 4 is 21.6 Å². The molecule has 1 aliphatic heterocycles. The van der Waals surface area contributed by atoms with Crippen LogP contribution in [0.3, 0.4) is 0 Å². The van der Waals surface area contributed by atoms with E-state index in [2.05, 4.69) is 44.3 Å². The maximum absolute atomic E-state index is 9.77. The maximum atomic E-state index is 9.77. The third-order valence-corrected chi connectivity index (χ3v) is 4.20. The van der Waals surface area contributed by atoms with E-state index >= 15 is 0 Å². The van der Waals surface area contributed by atoms with E-state index in [1.165, 1.54) is 11.3 Å². The molecule has 4 nitrogen and oxygen atoms in total. The number of hydrogen-bond donors (Lipinski definition) is 2. The molecule has 2 rings (SSSR count). The summed E-state index contributed by atoms with van der Waals surface area (Å²) >= 11 is 3.65. The minimum absolute atomic E-state index is 0.203. The van der Waals surface area contributed by atoms with E-state index in [1.54, 1.807) is 7.11 Å². The zero-order valence-electron chi connectivity index (χ0n) is 11.9. The summed E-state index contributed by atoms with van der Waals surface area (Å²) in [6.07, 6.45) is 1.76. The van der Waals surface area contributed by atoms with Gasteiger partial charge in [0.25, 0.3) is 0 Å². The Morgan fingerprint density at radius 2 is 2.35 bits per heavy atom. The fraction of sp³-hybridized carbons (Fsp3) is 0.600. The highest BCUT2D eigenvalue weighted by molar-refractivity contribution is 9.10. The van der Waals surface area contributed by atoms with Gasteiger partial charge in [-0.1, -0.05) is 6.07 Å². The van der Waals surface area contributed by atoms with Crippen LogP contribution >= 0.6 is 15.9 Å². The normalized spacial score (nSPS) is 19.4. The van der Waals surface area contributed by atoms with Crippen molar-refractivity contribution in [3.05, 3.63) is 28.2 Å². The molecule has 1 aromatic carbocycles. The summed E-state index contributed by atoms with van der Waals surface area (Å²) in [5.74, 6) is 0. The molecule has 0 aliphatic carbocycles. The van der Waals surface area contributed by atoms with Crippen molar-refractivity contribution in [2.75, 3.05) is 38.3 Å². The second-order valence-corrected chi connectivity index (χ2v) is 6.05. The second kappa shape index (κ2) is 7.98. The highest BCUT2D eigenvalue weighted by atomic mass is 79.9. The Kier molecular flexibility index (Phi) is 6.29. The molecule has 0 aromatic heterocycles. The predicted octanol–water partition coefficient (Wildman–Crippen LogP) is 2.15. The van der Waals surface area contributed by atoms with Crippen molar-refractivity contribution < 1.29 is 9.84 Å². The molecule has 1 aliphatic rings. The van der Waals surface area contributed by atoms with Crippen LogP contribution in [-0.4, -0.2) is 44.6 Å². The van der Waals surface area contributed by atoms with Crippen LogP contribution in [0.1, 0.15) is 18.4 Å². The number of ether oxygens (including phenoxy) is 1. The Bertz CT molecular complexity index is 428. The van der Waals surface area contributed by atoms with Gasteiger partial charge in [-0.25, -0.2) is 0 Å². The van der Waals surface area contributed by atoms with Crippen molar-refractivity contribution in [3.63, 3.8) is 0 Å². The van der Waals surface area contributed by atoms with E-state index < -0.39 is 0 Å². The SMILES string of the molecule is COCCNCc1ccc(N2CCCC(O)C2)c(Br)c1. The third-order valence-electron chi connectivity index (χ3n) is 3.56. The number of aliphatic hydroxyl groups is 1. The van der Waals surface area contributed by atoms with E-state index in [4.69, 9.17) is 4.74 Å². The first-order valence-corrected chi connectivity index (χ1v) is 7.91. The van der Waals surface area contributed by atoms with Gasteiger partial charge >= 0.3 is 0 Å². The molecule has 1 aromatic rings. The molecule has 112 valence electrons. The summed E-state index contributed by atoms with van der Waals surface area (Å²) in [6, 6.07) is 6.42. The van der Waals surface area contributed by atoms with Crippen LogP contribution in [0.5, 0.6) is 0 Å². The molecule has 1 atom stereocenters. The van der Waals surface area contributed by atoms with E-state index in [0.29, 0.717) is 0 Å². The summed E-state index contributed by atoms with van der Waals surface area (Å²) in [7, 11) is 1.71. The Balaban J connectivity index is 1.95. The average Bonchev–Trinajstić information content (AvgIpc) is 2.44. The number of methoxy groups -OCH3 is 1. The highest BCUT2D eigenvalue weighted by Gasteiger charge is 2.19. The molecule has 0 saturated carbocycles. The first kappa shape index (κ1) is 15.8.